The highest BCUT2D eigenvalue weighted by Gasteiger charge is 2.04. The summed E-state index contributed by atoms with van der Waals surface area (Å²) in [5, 5.41) is 5.87. The van der Waals surface area contributed by atoms with E-state index in [1.165, 1.54) is 0 Å². The Labute approximate surface area is 115 Å². The van der Waals surface area contributed by atoms with Crippen LogP contribution >= 0.6 is 11.6 Å². The van der Waals surface area contributed by atoms with E-state index < -0.39 is 0 Å². The van der Waals surface area contributed by atoms with Crippen molar-refractivity contribution in [2.75, 3.05) is 11.1 Å². The van der Waals surface area contributed by atoms with Crippen LogP contribution in [0.15, 0.2) is 48.7 Å². The second-order valence-corrected chi connectivity index (χ2v) is 4.53. The van der Waals surface area contributed by atoms with Crippen molar-refractivity contribution in [2.45, 2.75) is 0 Å². The van der Waals surface area contributed by atoms with E-state index in [4.69, 9.17) is 17.3 Å². The molecule has 4 nitrogen and oxygen atoms in total. The first-order chi connectivity index (χ1) is 9.22. The van der Waals surface area contributed by atoms with Gasteiger partial charge in [-0.1, -0.05) is 17.7 Å². The van der Waals surface area contributed by atoms with Crippen LogP contribution in [-0.4, -0.2) is 9.97 Å². The summed E-state index contributed by atoms with van der Waals surface area (Å²) in [5.41, 5.74) is 5.66. The molecule has 0 spiro atoms. The predicted octanol–water partition coefficient (Wildman–Crippen LogP) is 3.61. The van der Waals surface area contributed by atoms with Gasteiger partial charge in [0, 0.05) is 16.6 Å². The predicted molar refractivity (Wildman–Crippen MR) is 78.7 cm³/mol. The molecule has 0 aliphatic rings. The van der Waals surface area contributed by atoms with Gasteiger partial charge in [0.1, 0.15) is 17.5 Å². The van der Waals surface area contributed by atoms with E-state index in [-0.39, 0.29) is 0 Å². The Morgan fingerprint density at radius 2 is 2.00 bits per heavy atom. The lowest BCUT2D eigenvalue weighted by molar-refractivity contribution is 1.27. The van der Waals surface area contributed by atoms with Gasteiger partial charge in [0.05, 0.1) is 0 Å². The lowest BCUT2D eigenvalue weighted by Gasteiger charge is -2.08. The minimum Gasteiger partial charge on any atom is -0.384 e. The lowest BCUT2D eigenvalue weighted by atomic mass is 10.1. The summed E-state index contributed by atoms with van der Waals surface area (Å²) in [6.07, 6.45) is 1.73. The third kappa shape index (κ3) is 2.44. The molecule has 0 radical (unpaired) electrons. The molecule has 0 saturated carbocycles. The number of nitrogens with two attached hydrogens (primary N) is 1. The first-order valence-electron chi connectivity index (χ1n) is 5.76. The fourth-order valence-corrected chi connectivity index (χ4v) is 2.07. The number of hydrogen-bond donors (Lipinski definition) is 2. The molecular formula is C14H11ClN4. The standard InChI is InChI=1S/C14H11ClN4/c15-10-4-5-11-9(8-10)6-7-17-14(11)19-13-3-1-2-12(16)18-13/h1-8H,(H3,16,17,18,19). The number of hydrogen-bond acceptors (Lipinski definition) is 4. The Balaban J connectivity index is 2.06. The monoisotopic (exact) mass is 270 g/mol. The van der Waals surface area contributed by atoms with Crippen LogP contribution in [0.5, 0.6) is 0 Å². The summed E-state index contributed by atoms with van der Waals surface area (Å²) in [7, 11) is 0. The van der Waals surface area contributed by atoms with Gasteiger partial charge in [-0.15, -0.1) is 0 Å². The molecule has 0 saturated heterocycles. The highest BCUT2D eigenvalue weighted by Crippen LogP contribution is 2.26. The van der Waals surface area contributed by atoms with Crippen LogP contribution < -0.4 is 11.1 Å². The molecule has 19 heavy (non-hydrogen) atoms. The number of pyridine rings is 2. The van der Waals surface area contributed by atoms with Crippen molar-refractivity contribution in [2.24, 2.45) is 0 Å². The maximum Gasteiger partial charge on any atom is 0.139 e. The zero-order valence-corrected chi connectivity index (χ0v) is 10.7. The summed E-state index contributed by atoms with van der Waals surface area (Å²) in [6, 6.07) is 13.0. The number of halogens is 1. The minimum absolute atomic E-state index is 0.466. The maximum absolute atomic E-state index is 5.98. The van der Waals surface area contributed by atoms with Crippen molar-refractivity contribution >= 4 is 39.8 Å². The van der Waals surface area contributed by atoms with E-state index in [0.717, 1.165) is 16.6 Å². The summed E-state index contributed by atoms with van der Waals surface area (Å²) in [4.78, 5) is 8.52. The Bertz CT molecular complexity index is 742. The van der Waals surface area contributed by atoms with Gasteiger partial charge in [-0.2, -0.15) is 0 Å². The quantitative estimate of drug-likeness (QED) is 0.747. The van der Waals surface area contributed by atoms with Crippen molar-refractivity contribution in [3.05, 3.63) is 53.7 Å². The molecular weight excluding hydrogens is 260 g/mol. The van der Waals surface area contributed by atoms with Gasteiger partial charge in [0.15, 0.2) is 0 Å². The number of rotatable bonds is 2. The average Bonchev–Trinajstić information content (AvgIpc) is 2.38. The fourth-order valence-electron chi connectivity index (χ4n) is 1.89. The van der Waals surface area contributed by atoms with Crippen LogP contribution in [-0.2, 0) is 0 Å². The maximum atomic E-state index is 5.98. The van der Waals surface area contributed by atoms with E-state index in [1.807, 2.05) is 36.4 Å². The van der Waals surface area contributed by atoms with Crippen LogP contribution in [0, 0.1) is 0 Å². The molecule has 0 amide bonds. The fraction of sp³-hybridized carbons (Fsp3) is 0. The third-order valence-corrected chi connectivity index (χ3v) is 2.98. The molecule has 0 bridgehead atoms. The lowest BCUT2D eigenvalue weighted by Crippen LogP contribution is -1.98. The van der Waals surface area contributed by atoms with Gasteiger partial charge in [-0.3, -0.25) is 0 Å². The van der Waals surface area contributed by atoms with E-state index >= 15 is 0 Å². The Kier molecular flexibility index (Phi) is 2.93. The zero-order chi connectivity index (χ0) is 13.2. The topological polar surface area (TPSA) is 63.8 Å². The first-order valence-corrected chi connectivity index (χ1v) is 6.14. The van der Waals surface area contributed by atoms with Gasteiger partial charge in [0.2, 0.25) is 0 Å². The minimum atomic E-state index is 0.466. The largest absolute Gasteiger partial charge is 0.384 e. The van der Waals surface area contributed by atoms with Crippen molar-refractivity contribution in [1.29, 1.82) is 0 Å². The smallest absolute Gasteiger partial charge is 0.139 e. The summed E-state index contributed by atoms with van der Waals surface area (Å²) in [5.74, 6) is 1.86. The molecule has 2 heterocycles. The number of anilines is 3. The van der Waals surface area contributed by atoms with E-state index in [0.29, 0.717) is 16.7 Å². The summed E-state index contributed by atoms with van der Waals surface area (Å²) >= 11 is 5.98. The normalized spacial score (nSPS) is 10.6. The average molecular weight is 271 g/mol. The molecule has 0 fully saturated rings. The number of nitrogens with one attached hydrogen (secondary N) is 1. The van der Waals surface area contributed by atoms with Crippen LogP contribution in [0.1, 0.15) is 0 Å². The number of fused-ring (bicyclic) bond motifs is 1. The molecule has 0 atom stereocenters. The molecule has 3 rings (SSSR count). The molecule has 0 aliphatic heterocycles. The molecule has 2 aromatic heterocycles. The second-order valence-electron chi connectivity index (χ2n) is 4.10. The second kappa shape index (κ2) is 4.74. The van der Waals surface area contributed by atoms with Crippen molar-refractivity contribution in [3.8, 4) is 0 Å². The molecule has 0 unspecified atom stereocenters. The van der Waals surface area contributed by atoms with E-state index in [9.17, 15) is 0 Å². The molecule has 0 aliphatic carbocycles. The van der Waals surface area contributed by atoms with Gasteiger partial charge >= 0.3 is 0 Å². The number of aromatic nitrogens is 2. The molecule has 3 aromatic rings. The highest BCUT2D eigenvalue weighted by molar-refractivity contribution is 6.31. The number of nitrogens with zero attached hydrogens (tertiary/aromatic N) is 2. The van der Waals surface area contributed by atoms with E-state index in [1.54, 1.807) is 12.3 Å². The van der Waals surface area contributed by atoms with Gasteiger partial charge in [-0.05, 0) is 41.8 Å². The summed E-state index contributed by atoms with van der Waals surface area (Å²) < 4.78 is 0. The number of benzene rings is 1. The molecule has 1 aromatic carbocycles. The number of nitrogen functional groups attached to an aromatic ring is 1. The third-order valence-electron chi connectivity index (χ3n) is 2.74. The van der Waals surface area contributed by atoms with Crippen LogP contribution in [0.3, 0.4) is 0 Å². The van der Waals surface area contributed by atoms with Gasteiger partial charge in [-0.25, -0.2) is 9.97 Å². The first kappa shape index (κ1) is 11.7. The van der Waals surface area contributed by atoms with Crippen molar-refractivity contribution in [3.63, 3.8) is 0 Å². The van der Waals surface area contributed by atoms with Gasteiger partial charge in [0.25, 0.3) is 0 Å². The van der Waals surface area contributed by atoms with E-state index in [2.05, 4.69) is 15.3 Å². The van der Waals surface area contributed by atoms with Crippen molar-refractivity contribution in [1.82, 2.24) is 9.97 Å². The van der Waals surface area contributed by atoms with Gasteiger partial charge < -0.3 is 11.1 Å². The van der Waals surface area contributed by atoms with Crippen LogP contribution in [0.4, 0.5) is 17.5 Å². The molecule has 94 valence electrons. The highest BCUT2D eigenvalue weighted by atomic mass is 35.5. The zero-order valence-electron chi connectivity index (χ0n) is 9.97. The molecule has 5 heteroatoms. The van der Waals surface area contributed by atoms with Crippen LogP contribution in [0.25, 0.3) is 10.8 Å². The Morgan fingerprint density at radius 1 is 1.11 bits per heavy atom. The van der Waals surface area contributed by atoms with Crippen molar-refractivity contribution < 1.29 is 0 Å². The van der Waals surface area contributed by atoms with Crippen LogP contribution in [0.2, 0.25) is 5.02 Å². The Morgan fingerprint density at radius 3 is 2.84 bits per heavy atom. The SMILES string of the molecule is Nc1cccc(Nc2nccc3cc(Cl)ccc23)n1. The molecule has 3 N–H and O–H groups in total. The summed E-state index contributed by atoms with van der Waals surface area (Å²) in [6.45, 7) is 0. The Hall–Kier alpha value is -2.33.